The van der Waals surface area contributed by atoms with Crippen LogP contribution in [0.1, 0.15) is 5.56 Å². The summed E-state index contributed by atoms with van der Waals surface area (Å²) in [4.78, 5) is 0. The van der Waals surface area contributed by atoms with E-state index in [1.807, 2.05) is 0 Å². The molecule has 66 valence electrons. The Morgan fingerprint density at radius 3 is 2.17 bits per heavy atom. The molecule has 0 spiro atoms. The average Bonchev–Trinajstić information content (AvgIpc) is 1.83. The molecule has 0 aliphatic heterocycles. The van der Waals surface area contributed by atoms with Gasteiger partial charge in [0.15, 0.2) is 0 Å². The van der Waals surface area contributed by atoms with E-state index in [0.717, 1.165) is 12.1 Å². The lowest BCUT2D eigenvalue weighted by molar-refractivity contribution is -0.138. The molecule has 0 heterocycles. The van der Waals surface area contributed by atoms with E-state index < -0.39 is 17.6 Å². The number of hydrogen-bond acceptors (Lipinski definition) is 0. The van der Waals surface area contributed by atoms with Crippen LogP contribution in [0.15, 0.2) is 22.7 Å². The second-order valence-electron chi connectivity index (χ2n) is 2.12. The first-order valence-electron chi connectivity index (χ1n) is 2.93. The highest BCUT2D eigenvalue weighted by Gasteiger charge is 2.32. The molecule has 0 aliphatic carbocycles. The predicted octanol–water partition coefficient (Wildman–Crippen LogP) is 3.61. The predicted molar refractivity (Wildman–Crippen MR) is 39.1 cm³/mol. The summed E-state index contributed by atoms with van der Waals surface area (Å²) in [5, 5.41) is 0. The van der Waals surface area contributed by atoms with Crippen molar-refractivity contribution >= 4 is 15.9 Å². The lowest BCUT2D eigenvalue weighted by Crippen LogP contribution is -2.05. The van der Waals surface area contributed by atoms with Crippen LogP contribution in [0.5, 0.6) is 0 Å². The highest BCUT2D eigenvalue weighted by molar-refractivity contribution is 9.10. The first kappa shape index (κ1) is 9.51. The van der Waals surface area contributed by atoms with Gasteiger partial charge in [0.25, 0.3) is 0 Å². The highest BCUT2D eigenvalue weighted by atomic mass is 79.9. The van der Waals surface area contributed by atoms with Gasteiger partial charge in [-0.2, -0.15) is 13.2 Å². The van der Waals surface area contributed by atoms with Crippen molar-refractivity contribution in [2.45, 2.75) is 6.18 Å². The minimum atomic E-state index is -4.44. The molecule has 1 rings (SSSR count). The molecule has 0 saturated heterocycles. The average molecular weight is 243 g/mol. The third-order valence-corrected chi connectivity index (χ3v) is 1.89. The standard InChI is InChI=1S/C7H3BrF4/c8-6-3-4(9)1-2-5(6)7(10,11)12/h1-3H. The Hall–Kier alpha value is -0.580. The van der Waals surface area contributed by atoms with E-state index in [2.05, 4.69) is 15.9 Å². The van der Waals surface area contributed by atoms with Crippen LogP contribution in [0.25, 0.3) is 0 Å². The Balaban J connectivity index is 3.19. The van der Waals surface area contributed by atoms with Crippen LogP contribution < -0.4 is 0 Å². The zero-order valence-electron chi connectivity index (χ0n) is 5.62. The fourth-order valence-electron chi connectivity index (χ4n) is 0.719. The van der Waals surface area contributed by atoms with Crippen LogP contribution >= 0.6 is 15.9 Å². The number of hydrogen-bond donors (Lipinski definition) is 0. The Morgan fingerprint density at radius 2 is 1.75 bits per heavy atom. The molecule has 5 heteroatoms. The summed E-state index contributed by atoms with van der Waals surface area (Å²) in [6.07, 6.45) is -4.44. The molecule has 0 unspecified atom stereocenters. The van der Waals surface area contributed by atoms with Crippen molar-refractivity contribution in [2.75, 3.05) is 0 Å². The van der Waals surface area contributed by atoms with Crippen LogP contribution in [-0.2, 0) is 6.18 Å². The van der Waals surface area contributed by atoms with Gasteiger partial charge in [0, 0.05) is 4.47 Å². The molecular formula is C7H3BrF4. The first-order valence-corrected chi connectivity index (χ1v) is 3.73. The van der Waals surface area contributed by atoms with Gasteiger partial charge in [-0.1, -0.05) is 15.9 Å². The lowest BCUT2D eigenvalue weighted by Gasteiger charge is -2.07. The fourth-order valence-corrected chi connectivity index (χ4v) is 1.30. The van der Waals surface area contributed by atoms with Gasteiger partial charge >= 0.3 is 6.18 Å². The van der Waals surface area contributed by atoms with Gasteiger partial charge < -0.3 is 0 Å². The van der Waals surface area contributed by atoms with Gasteiger partial charge in [-0.3, -0.25) is 0 Å². The molecular weight excluding hydrogens is 240 g/mol. The maximum absolute atomic E-state index is 12.3. The van der Waals surface area contributed by atoms with E-state index in [9.17, 15) is 17.6 Å². The monoisotopic (exact) mass is 242 g/mol. The summed E-state index contributed by atoms with van der Waals surface area (Å²) >= 11 is 2.62. The van der Waals surface area contributed by atoms with E-state index in [-0.39, 0.29) is 4.47 Å². The molecule has 0 amide bonds. The van der Waals surface area contributed by atoms with E-state index in [1.54, 1.807) is 0 Å². The van der Waals surface area contributed by atoms with Gasteiger partial charge in [-0.15, -0.1) is 0 Å². The van der Waals surface area contributed by atoms with Crippen molar-refractivity contribution < 1.29 is 17.6 Å². The number of alkyl halides is 3. The van der Waals surface area contributed by atoms with Gasteiger partial charge in [0.05, 0.1) is 5.56 Å². The quantitative estimate of drug-likeness (QED) is 0.610. The normalized spacial score (nSPS) is 11.8. The molecule has 0 nitrogen and oxygen atoms in total. The largest absolute Gasteiger partial charge is 0.417 e. The maximum atomic E-state index is 12.3. The Morgan fingerprint density at radius 1 is 1.17 bits per heavy atom. The molecule has 0 saturated carbocycles. The van der Waals surface area contributed by atoms with Crippen LogP contribution in [0.4, 0.5) is 17.6 Å². The zero-order valence-corrected chi connectivity index (χ0v) is 7.21. The number of halogens is 5. The van der Waals surface area contributed by atoms with Crippen LogP contribution in [0.3, 0.4) is 0 Å². The van der Waals surface area contributed by atoms with Crippen molar-refractivity contribution in [3.8, 4) is 0 Å². The second-order valence-corrected chi connectivity index (χ2v) is 2.98. The fraction of sp³-hybridized carbons (Fsp3) is 0.143. The number of benzene rings is 1. The third kappa shape index (κ3) is 1.97. The topological polar surface area (TPSA) is 0 Å². The minimum Gasteiger partial charge on any atom is -0.207 e. The SMILES string of the molecule is Fc1ccc(C(F)(F)F)c(Br)c1. The summed E-state index contributed by atoms with van der Waals surface area (Å²) in [7, 11) is 0. The molecule has 0 bridgehead atoms. The number of rotatable bonds is 0. The summed E-state index contributed by atoms with van der Waals surface area (Å²) in [5.74, 6) is -0.699. The highest BCUT2D eigenvalue weighted by Crippen LogP contribution is 2.34. The van der Waals surface area contributed by atoms with Crippen molar-refractivity contribution in [3.05, 3.63) is 34.1 Å². The zero-order chi connectivity index (χ0) is 9.35. The summed E-state index contributed by atoms with van der Waals surface area (Å²) in [6.45, 7) is 0. The molecule has 0 fully saturated rings. The summed E-state index contributed by atoms with van der Waals surface area (Å²) in [6, 6.07) is 2.25. The van der Waals surface area contributed by atoms with E-state index >= 15 is 0 Å². The molecule has 0 N–H and O–H groups in total. The minimum absolute atomic E-state index is 0.282. The van der Waals surface area contributed by atoms with E-state index in [1.165, 1.54) is 0 Å². The third-order valence-electron chi connectivity index (χ3n) is 1.24. The van der Waals surface area contributed by atoms with E-state index in [0.29, 0.717) is 6.07 Å². The Labute approximate surface area is 74.3 Å². The van der Waals surface area contributed by atoms with Crippen molar-refractivity contribution in [2.24, 2.45) is 0 Å². The van der Waals surface area contributed by atoms with Gasteiger partial charge in [0.1, 0.15) is 5.82 Å². The molecule has 0 aliphatic rings. The lowest BCUT2D eigenvalue weighted by atomic mass is 10.2. The van der Waals surface area contributed by atoms with Crippen molar-refractivity contribution in [3.63, 3.8) is 0 Å². The van der Waals surface area contributed by atoms with Crippen molar-refractivity contribution in [1.82, 2.24) is 0 Å². The Kier molecular flexibility index (Phi) is 2.41. The molecule has 0 aromatic heterocycles. The smallest absolute Gasteiger partial charge is 0.207 e. The Bertz CT molecular complexity index is 292. The molecule has 1 aromatic carbocycles. The molecule has 1 aromatic rings. The van der Waals surface area contributed by atoms with E-state index in [4.69, 9.17) is 0 Å². The summed E-state index contributed by atoms with van der Waals surface area (Å²) < 4.78 is 48.1. The van der Waals surface area contributed by atoms with Gasteiger partial charge in [0.2, 0.25) is 0 Å². The molecule has 12 heavy (non-hydrogen) atoms. The molecule has 0 atom stereocenters. The van der Waals surface area contributed by atoms with Crippen LogP contribution in [0, 0.1) is 5.82 Å². The first-order chi connectivity index (χ1) is 5.41. The van der Waals surface area contributed by atoms with Gasteiger partial charge in [-0.25, -0.2) is 4.39 Å². The summed E-state index contributed by atoms with van der Waals surface area (Å²) in [5.41, 5.74) is -0.871. The van der Waals surface area contributed by atoms with Crippen LogP contribution in [-0.4, -0.2) is 0 Å². The van der Waals surface area contributed by atoms with Crippen molar-refractivity contribution in [1.29, 1.82) is 0 Å². The van der Waals surface area contributed by atoms with Gasteiger partial charge in [-0.05, 0) is 18.2 Å². The molecule has 0 radical (unpaired) electrons. The second kappa shape index (κ2) is 3.05. The van der Waals surface area contributed by atoms with Crippen LogP contribution in [0.2, 0.25) is 0 Å². The maximum Gasteiger partial charge on any atom is 0.417 e.